The first-order valence-corrected chi connectivity index (χ1v) is 5.33. The molecule has 0 bridgehead atoms. The van der Waals surface area contributed by atoms with Crippen molar-refractivity contribution in [3.8, 4) is 0 Å². The SMILES string of the molecule is COC=CCC[C@H]1COC(C)(C)N1C(=O)O. The summed E-state index contributed by atoms with van der Waals surface area (Å²) in [6, 6.07) is -0.0750. The van der Waals surface area contributed by atoms with Crippen LogP contribution in [0.1, 0.15) is 26.7 Å². The summed E-state index contributed by atoms with van der Waals surface area (Å²) in [5, 5.41) is 9.13. The highest BCUT2D eigenvalue weighted by atomic mass is 16.5. The standard InChI is InChI=1S/C11H19NO4/c1-11(2)12(10(13)14)9(8-16-11)6-4-5-7-15-3/h5,7,9H,4,6,8H2,1-3H3,(H,13,14)/t9-/m0/s1. The van der Waals surface area contributed by atoms with Gasteiger partial charge >= 0.3 is 6.09 Å². The molecule has 0 aliphatic carbocycles. The van der Waals surface area contributed by atoms with Gasteiger partial charge in [0.15, 0.2) is 0 Å². The number of ether oxygens (including phenoxy) is 2. The molecule has 1 fully saturated rings. The number of rotatable bonds is 4. The van der Waals surface area contributed by atoms with Gasteiger partial charge in [0.2, 0.25) is 0 Å². The van der Waals surface area contributed by atoms with Crippen LogP contribution in [0, 0.1) is 0 Å². The van der Waals surface area contributed by atoms with E-state index in [0.29, 0.717) is 6.61 Å². The lowest BCUT2D eigenvalue weighted by Gasteiger charge is -2.30. The molecule has 1 amide bonds. The summed E-state index contributed by atoms with van der Waals surface area (Å²) in [6.07, 6.45) is 4.08. The van der Waals surface area contributed by atoms with Crippen molar-refractivity contribution < 1.29 is 19.4 Å². The maximum Gasteiger partial charge on any atom is 0.409 e. The first-order chi connectivity index (χ1) is 7.49. The first-order valence-electron chi connectivity index (χ1n) is 5.33. The molecule has 0 aromatic carbocycles. The number of hydrogen-bond acceptors (Lipinski definition) is 3. The average molecular weight is 229 g/mol. The van der Waals surface area contributed by atoms with Gasteiger partial charge in [0.1, 0.15) is 5.72 Å². The zero-order valence-electron chi connectivity index (χ0n) is 9.97. The molecule has 1 saturated heterocycles. The second-order valence-corrected chi connectivity index (χ2v) is 4.25. The predicted octanol–water partition coefficient (Wildman–Crippen LogP) is 2.04. The molecular formula is C11H19NO4. The Balaban J connectivity index is 2.54. The molecule has 1 aliphatic rings. The highest BCUT2D eigenvalue weighted by Crippen LogP contribution is 2.29. The minimum absolute atomic E-state index is 0.0750. The Morgan fingerprint density at radius 2 is 2.38 bits per heavy atom. The summed E-state index contributed by atoms with van der Waals surface area (Å²) in [6.45, 7) is 4.00. The average Bonchev–Trinajstić information content (AvgIpc) is 2.48. The summed E-state index contributed by atoms with van der Waals surface area (Å²) < 4.78 is 10.3. The largest absolute Gasteiger partial charge is 0.505 e. The number of amides is 1. The van der Waals surface area contributed by atoms with Crippen molar-refractivity contribution in [1.29, 1.82) is 0 Å². The van der Waals surface area contributed by atoms with Gasteiger partial charge in [0, 0.05) is 0 Å². The summed E-state index contributed by atoms with van der Waals surface area (Å²) in [7, 11) is 1.59. The Labute approximate surface area is 95.6 Å². The monoisotopic (exact) mass is 229 g/mol. The van der Waals surface area contributed by atoms with Crippen LogP contribution in [0.5, 0.6) is 0 Å². The van der Waals surface area contributed by atoms with Gasteiger partial charge in [-0.2, -0.15) is 0 Å². The Hall–Kier alpha value is -1.23. The minimum Gasteiger partial charge on any atom is -0.505 e. The molecule has 92 valence electrons. The fraction of sp³-hybridized carbons (Fsp3) is 0.727. The fourth-order valence-electron chi connectivity index (χ4n) is 1.94. The van der Waals surface area contributed by atoms with Crippen molar-refractivity contribution in [1.82, 2.24) is 4.90 Å². The van der Waals surface area contributed by atoms with Gasteiger partial charge in [0.25, 0.3) is 0 Å². The molecule has 16 heavy (non-hydrogen) atoms. The van der Waals surface area contributed by atoms with Gasteiger partial charge < -0.3 is 14.6 Å². The van der Waals surface area contributed by atoms with Crippen LogP contribution >= 0.6 is 0 Å². The molecule has 5 heteroatoms. The van der Waals surface area contributed by atoms with E-state index in [1.54, 1.807) is 27.2 Å². The van der Waals surface area contributed by atoms with Crippen LogP contribution in [0.15, 0.2) is 12.3 Å². The third kappa shape index (κ3) is 2.88. The van der Waals surface area contributed by atoms with Crippen LogP contribution in [0.3, 0.4) is 0 Å². The van der Waals surface area contributed by atoms with Crippen molar-refractivity contribution in [2.24, 2.45) is 0 Å². The molecule has 0 aromatic rings. The smallest absolute Gasteiger partial charge is 0.409 e. The Morgan fingerprint density at radius 3 is 2.94 bits per heavy atom. The highest BCUT2D eigenvalue weighted by molar-refractivity contribution is 5.66. The summed E-state index contributed by atoms with van der Waals surface area (Å²) in [4.78, 5) is 12.5. The second-order valence-electron chi connectivity index (χ2n) is 4.25. The van der Waals surface area contributed by atoms with E-state index < -0.39 is 11.8 Å². The number of methoxy groups -OCH3 is 1. The van der Waals surface area contributed by atoms with E-state index in [1.807, 2.05) is 6.08 Å². The third-order valence-corrected chi connectivity index (χ3v) is 2.68. The van der Waals surface area contributed by atoms with Crippen LogP contribution in [0.4, 0.5) is 4.79 Å². The van der Waals surface area contributed by atoms with Gasteiger partial charge in [-0.3, -0.25) is 4.90 Å². The van der Waals surface area contributed by atoms with E-state index in [9.17, 15) is 4.79 Å². The lowest BCUT2D eigenvalue weighted by Crippen LogP contribution is -2.47. The van der Waals surface area contributed by atoms with E-state index in [1.165, 1.54) is 4.90 Å². The maximum atomic E-state index is 11.1. The van der Waals surface area contributed by atoms with Gasteiger partial charge in [0.05, 0.1) is 26.0 Å². The highest BCUT2D eigenvalue weighted by Gasteiger charge is 2.43. The summed E-state index contributed by atoms with van der Waals surface area (Å²) >= 11 is 0. The van der Waals surface area contributed by atoms with Gasteiger partial charge in [-0.05, 0) is 32.8 Å². The van der Waals surface area contributed by atoms with E-state index in [0.717, 1.165) is 12.8 Å². The molecule has 0 aromatic heterocycles. The molecule has 0 unspecified atom stereocenters. The van der Waals surface area contributed by atoms with Gasteiger partial charge in [-0.25, -0.2) is 4.79 Å². The number of nitrogens with zero attached hydrogens (tertiary/aromatic N) is 1. The van der Waals surface area contributed by atoms with Crippen molar-refractivity contribution >= 4 is 6.09 Å². The lowest BCUT2D eigenvalue weighted by atomic mass is 10.1. The molecular weight excluding hydrogens is 210 g/mol. The van der Waals surface area contributed by atoms with E-state index in [2.05, 4.69) is 0 Å². The quantitative estimate of drug-likeness (QED) is 0.749. The molecule has 1 aliphatic heterocycles. The number of allylic oxidation sites excluding steroid dienone is 1. The predicted molar refractivity (Wildman–Crippen MR) is 59.1 cm³/mol. The Kier molecular flexibility index (Phi) is 4.18. The van der Waals surface area contributed by atoms with Crippen molar-refractivity contribution in [3.63, 3.8) is 0 Å². The molecule has 0 saturated carbocycles. The second kappa shape index (κ2) is 5.21. The molecule has 1 atom stereocenters. The van der Waals surface area contributed by atoms with Crippen LogP contribution in [-0.2, 0) is 9.47 Å². The van der Waals surface area contributed by atoms with E-state index in [-0.39, 0.29) is 6.04 Å². The fourth-order valence-corrected chi connectivity index (χ4v) is 1.94. The minimum atomic E-state index is -0.928. The molecule has 0 radical (unpaired) electrons. The summed E-state index contributed by atoms with van der Waals surface area (Å²) in [5.41, 5.74) is -0.721. The van der Waals surface area contributed by atoms with E-state index in [4.69, 9.17) is 14.6 Å². The molecule has 0 spiro atoms. The number of carbonyl (C=O) groups is 1. The van der Waals surface area contributed by atoms with Gasteiger partial charge in [-0.15, -0.1) is 0 Å². The Bertz CT molecular complexity index is 275. The lowest BCUT2D eigenvalue weighted by molar-refractivity contribution is -0.0421. The van der Waals surface area contributed by atoms with Crippen LogP contribution in [0.2, 0.25) is 0 Å². The van der Waals surface area contributed by atoms with Crippen LogP contribution in [0.25, 0.3) is 0 Å². The van der Waals surface area contributed by atoms with E-state index >= 15 is 0 Å². The number of carboxylic acid groups (broad SMARTS) is 1. The third-order valence-electron chi connectivity index (χ3n) is 2.68. The van der Waals surface area contributed by atoms with Crippen molar-refractivity contribution in [3.05, 3.63) is 12.3 Å². The Morgan fingerprint density at radius 1 is 1.69 bits per heavy atom. The van der Waals surface area contributed by atoms with Crippen molar-refractivity contribution in [2.75, 3.05) is 13.7 Å². The normalized spacial score (nSPS) is 23.9. The zero-order valence-corrected chi connectivity index (χ0v) is 9.97. The van der Waals surface area contributed by atoms with Crippen molar-refractivity contribution in [2.45, 2.75) is 38.5 Å². The summed E-state index contributed by atoms with van der Waals surface area (Å²) in [5.74, 6) is 0. The zero-order chi connectivity index (χ0) is 12.2. The molecule has 1 rings (SSSR count). The topological polar surface area (TPSA) is 59.0 Å². The molecule has 1 N–H and O–H groups in total. The molecule has 1 heterocycles. The first kappa shape index (κ1) is 12.8. The molecule has 5 nitrogen and oxygen atoms in total. The maximum absolute atomic E-state index is 11.1. The van der Waals surface area contributed by atoms with Gasteiger partial charge in [-0.1, -0.05) is 0 Å². The number of hydrogen-bond donors (Lipinski definition) is 1. The van der Waals surface area contributed by atoms with Crippen LogP contribution < -0.4 is 0 Å². The van der Waals surface area contributed by atoms with Crippen LogP contribution in [-0.4, -0.2) is 41.6 Å².